The Morgan fingerprint density at radius 2 is 2.07 bits per heavy atom. The summed E-state index contributed by atoms with van der Waals surface area (Å²) < 4.78 is 5.20. The second kappa shape index (κ2) is 4.06. The monoisotopic (exact) mass is 198 g/mol. The summed E-state index contributed by atoms with van der Waals surface area (Å²) in [6, 6.07) is 0. The van der Waals surface area contributed by atoms with Crippen LogP contribution >= 0.6 is 0 Å². The van der Waals surface area contributed by atoms with Crippen molar-refractivity contribution in [3.8, 4) is 0 Å². The van der Waals surface area contributed by atoms with Gasteiger partial charge in [-0.3, -0.25) is 19.8 Å². The fourth-order valence-electron chi connectivity index (χ4n) is 1.85. The van der Waals surface area contributed by atoms with Gasteiger partial charge in [-0.25, -0.2) is 0 Å². The number of rotatable bonds is 2. The smallest absolute Gasteiger partial charge is 0.231 e. The predicted molar refractivity (Wildman–Crippen MR) is 48.5 cm³/mol. The summed E-state index contributed by atoms with van der Waals surface area (Å²) in [4.78, 5) is 24.4. The van der Waals surface area contributed by atoms with Gasteiger partial charge in [-0.2, -0.15) is 0 Å². The van der Waals surface area contributed by atoms with Crippen LogP contribution < -0.4 is 5.32 Å². The van der Waals surface area contributed by atoms with Gasteiger partial charge in [-0.15, -0.1) is 0 Å². The molecule has 0 aromatic heterocycles. The zero-order chi connectivity index (χ0) is 9.97. The topological polar surface area (TPSA) is 58.6 Å². The van der Waals surface area contributed by atoms with Crippen LogP contribution in [0.3, 0.4) is 0 Å². The number of carbonyl (C=O) groups excluding carboxylic acids is 2. The molecule has 2 saturated heterocycles. The molecule has 0 spiro atoms. The Balaban J connectivity index is 1.84. The summed E-state index contributed by atoms with van der Waals surface area (Å²) in [7, 11) is 0. The number of carbonyl (C=O) groups is 2. The van der Waals surface area contributed by atoms with Crippen molar-refractivity contribution in [2.24, 2.45) is 5.92 Å². The first-order valence-electron chi connectivity index (χ1n) is 4.89. The van der Waals surface area contributed by atoms with E-state index in [1.54, 1.807) is 0 Å². The van der Waals surface area contributed by atoms with Gasteiger partial charge in [0.05, 0.1) is 19.1 Å². The third-order valence-electron chi connectivity index (χ3n) is 2.65. The Morgan fingerprint density at radius 3 is 2.64 bits per heavy atom. The second-order valence-electron chi connectivity index (χ2n) is 3.73. The molecule has 1 unspecified atom stereocenters. The van der Waals surface area contributed by atoms with E-state index in [9.17, 15) is 9.59 Å². The summed E-state index contributed by atoms with van der Waals surface area (Å²) in [6.45, 7) is 3.85. The van der Waals surface area contributed by atoms with Crippen molar-refractivity contribution >= 4 is 11.8 Å². The van der Waals surface area contributed by atoms with E-state index < -0.39 is 0 Å². The Kier molecular flexibility index (Phi) is 2.79. The zero-order valence-corrected chi connectivity index (χ0v) is 7.99. The largest absolute Gasteiger partial charge is 0.379 e. The van der Waals surface area contributed by atoms with Crippen molar-refractivity contribution in [1.29, 1.82) is 0 Å². The Hall–Kier alpha value is -0.940. The van der Waals surface area contributed by atoms with Crippen LogP contribution in [0, 0.1) is 5.92 Å². The lowest BCUT2D eigenvalue weighted by atomic mass is 10.1. The van der Waals surface area contributed by atoms with Crippen molar-refractivity contribution in [2.75, 3.05) is 32.8 Å². The third-order valence-corrected chi connectivity index (χ3v) is 2.65. The van der Waals surface area contributed by atoms with Crippen molar-refractivity contribution in [3.05, 3.63) is 0 Å². The lowest BCUT2D eigenvalue weighted by Gasteiger charge is -2.27. The maximum atomic E-state index is 11.3. The molecule has 2 amide bonds. The van der Waals surface area contributed by atoms with Crippen molar-refractivity contribution in [1.82, 2.24) is 10.2 Å². The van der Waals surface area contributed by atoms with Crippen LogP contribution in [0.25, 0.3) is 0 Å². The normalized spacial score (nSPS) is 29.3. The van der Waals surface area contributed by atoms with Crippen LogP contribution in [0.5, 0.6) is 0 Å². The van der Waals surface area contributed by atoms with Gasteiger partial charge in [0.1, 0.15) is 0 Å². The van der Waals surface area contributed by atoms with E-state index in [1.807, 2.05) is 0 Å². The minimum atomic E-state index is -0.152. The average molecular weight is 198 g/mol. The molecule has 0 aliphatic carbocycles. The highest BCUT2D eigenvalue weighted by Gasteiger charge is 2.32. The molecule has 2 aliphatic rings. The number of amides is 2. The van der Waals surface area contributed by atoms with Gasteiger partial charge in [-0.1, -0.05) is 0 Å². The molecule has 0 radical (unpaired) electrons. The molecule has 5 nitrogen and oxygen atoms in total. The molecule has 1 atom stereocenters. The van der Waals surface area contributed by atoms with Crippen LogP contribution in [-0.2, 0) is 14.3 Å². The van der Waals surface area contributed by atoms with Gasteiger partial charge in [0.15, 0.2) is 0 Å². The molecule has 0 aromatic rings. The summed E-state index contributed by atoms with van der Waals surface area (Å²) in [5.74, 6) is -0.421. The van der Waals surface area contributed by atoms with E-state index in [0.717, 1.165) is 26.3 Å². The molecule has 78 valence electrons. The third kappa shape index (κ3) is 2.10. The van der Waals surface area contributed by atoms with E-state index in [1.165, 1.54) is 0 Å². The number of nitrogens with zero attached hydrogens (tertiary/aromatic N) is 1. The highest BCUT2D eigenvalue weighted by molar-refractivity contribution is 6.03. The minimum absolute atomic E-state index is 0.124. The predicted octanol–water partition coefficient (Wildman–Crippen LogP) is -1.02. The van der Waals surface area contributed by atoms with Crippen LogP contribution in [0.4, 0.5) is 0 Å². The lowest BCUT2D eigenvalue weighted by molar-refractivity contribution is -0.126. The van der Waals surface area contributed by atoms with Crippen molar-refractivity contribution in [3.63, 3.8) is 0 Å². The van der Waals surface area contributed by atoms with Crippen LogP contribution in [0.2, 0.25) is 0 Å². The standard InChI is InChI=1S/C9H14N2O3/c12-8-5-7(9(13)10-8)6-11-1-3-14-4-2-11/h7H,1-6H2,(H,10,12,13). The number of imide groups is 1. The Labute approximate surface area is 82.4 Å². The minimum Gasteiger partial charge on any atom is -0.379 e. The molecule has 14 heavy (non-hydrogen) atoms. The molecule has 0 saturated carbocycles. The molecular formula is C9H14N2O3. The highest BCUT2D eigenvalue weighted by Crippen LogP contribution is 2.13. The maximum Gasteiger partial charge on any atom is 0.231 e. The first-order chi connectivity index (χ1) is 6.75. The molecule has 2 aliphatic heterocycles. The Bertz CT molecular complexity index is 248. The maximum absolute atomic E-state index is 11.3. The van der Waals surface area contributed by atoms with Crippen molar-refractivity contribution in [2.45, 2.75) is 6.42 Å². The van der Waals surface area contributed by atoms with Gasteiger partial charge in [0, 0.05) is 26.1 Å². The summed E-state index contributed by atoms with van der Waals surface area (Å²) >= 11 is 0. The molecule has 0 aromatic carbocycles. The number of hydrogen-bond donors (Lipinski definition) is 1. The fraction of sp³-hybridized carbons (Fsp3) is 0.778. The van der Waals surface area contributed by atoms with Gasteiger partial charge in [0.25, 0.3) is 0 Å². The van der Waals surface area contributed by atoms with Crippen LogP contribution in [-0.4, -0.2) is 49.6 Å². The van der Waals surface area contributed by atoms with E-state index >= 15 is 0 Å². The van der Waals surface area contributed by atoms with Gasteiger partial charge in [0.2, 0.25) is 11.8 Å². The van der Waals surface area contributed by atoms with E-state index in [-0.39, 0.29) is 17.7 Å². The summed E-state index contributed by atoms with van der Waals surface area (Å²) in [5, 5.41) is 2.32. The zero-order valence-electron chi connectivity index (χ0n) is 7.99. The molecule has 1 N–H and O–H groups in total. The van der Waals surface area contributed by atoms with Gasteiger partial charge >= 0.3 is 0 Å². The highest BCUT2D eigenvalue weighted by atomic mass is 16.5. The average Bonchev–Trinajstić information content (AvgIpc) is 2.47. The lowest BCUT2D eigenvalue weighted by Crippen LogP contribution is -2.40. The van der Waals surface area contributed by atoms with Crippen LogP contribution in [0.1, 0.15) is 6.42 Å². The SMILES string of the molecule is O=C1CC(CN2CCOCC2)C(=O)N1. The van der Waals surface area contributed by atoms with E-state index in [4.69, 9.17) is 4.74 Å². The first kappa shape index (κ1) is 9.61. The fourth-order valence-corrected chi connectivity index (χ4v) is 1.85. The van der Waals surface area contributed by atoms with E-state index in [2.05, 4.69) is 10.2 Å². The molecule has 2 rings (SSSR count). The molecule has 0 bridgehead atoms. The Morgan fingerprint density at radius 1 is 1.36 bits per heavy atom. The number of morpholine rings is 1. The van der Waals surface area contributed by atoms with Gasteiger partial charge < -0.3 is 4.74 Å². The number of ether oxygens (including phenoxy) is 1. The second-order valence-corrected chi connectivity index (χ2v) is 3.73. The van der Waals surface area contributed by atoms with Crippen LogP contribution in [0.15, 0.2) is 0 Å². The first-order valence-corrected chi connectivity index (χ1v) is 4.89. The molecule has 5 heteroatoms. The summed E-state index contributed by atoms with van der Waals surface area (Å²) in [5.41, 5.74) is 0. The number of nitrogens with one attached hydrogen (secondary N) is 1. The van der Waals surface area contributed by atoms with Crippen molar-refractivity contribution < 1.29 is 14.3 Å². The molecule has 2 fully saturated rings. The quantitative estimate of drug-likeness (QED) is 0.577. The van der Waals surface area contributed by atoms with Gasteiger partial charge in [-0.05, 0) is 0 Å². The molecule has 2 heterocycles. The number of hydrogen-bond acceptors (Lipinski definition) is 4. The van der Waals surface area contributed by atoms with E-state index in [0.29, 0.717) is 13.0 Å². The molecular weight excluding hydrogens is 184 g/mol. The summed E-state index contributed by atoms with van der Waals surface area (Å²) in [6.07, 6.45) is 0.343.